The molecule has 0 saturated carbocycles. The number of piperidine rings is 1. The van der Waals surface area contributed by atoms with Gasteiger partial charge in [-0.25, -0.2) is 0 Å². The van der Waals surface area contributed by atoms with Crippen molar-refractivity contribution in [1.29, 1.82) is 0 Å². The summed E-state index contributed by atoms with van der Waals surface area (Å²) in [4.78, 5) is 12.9. The molecule has 2 N–H and O–H groups in total. The van der Waals surface area contributed by atoms with Gasteiger partial charge in [-0.05, 0) is 56.1 Å². The van der Waals surface area contributed by atoms with Crippen LogP contribution in [0.1, 0.15) is 18.4 Å². The van der Waals surface area contributed by atoms with Crippen LogP contribution in [0.5, 0.6) is 0 Å². The average molecular weight is 414 g/mol. The van der Waals surface area contributed by atoms with Crippen LogP contribution in [0.15, 0.2) is 47.2 Å². The lowest BCUT2D eigenvalue weighted by Gasteiger charge is -2.36. The summed E-state index contributed by atoms with van der Waals surface area (Å²) in [5.41, 5.74) is 0.654. The van der Waals surface area contributed by atoms with Crippen molar-refractivity contribution in [2.75, 3.05) is 19.6 Å². The topological polar surface area (TPSA) is 59.0 Å². The third-order valence-electron chi connectivity index (χ3n) is 4.41. The Morgan fingerprint density at radius 3 is 2.62 bits per heavy atom. The zero-order valence-corrected chi connectivity index (χ0v) is 15.8. The van der Waals surface area contributed by atoms with Crippen molar-refractivity contribution in [3.63, 3.8) is 0 Å². The van der Waals surface area contributed by atoms with E-state index in [1.165, 1.54) is 5.56 Å². The number of nitrogens with one attached hydrogen (secondary N) is 2. The highest BCUT2D eigenvalue weighted by atomic mass is 79.9. The van der Waals surface area contributed by atoms with Crippen LogP contribution in [0.2, 0.25) is 0 Å². The van der Waals surface area contributed by atoms with Crippen molar-refractivity contribution >= 4 is 34.2 Å². The van der Waals surface area contributed by atoms with Gasteiger partial charge in [0.25, 0.3) is 0 Å². The smallest absolute Gasteiger partial charge is 0.248 e. The van der Waals surface area contributed by atoms with E-state index in [-0.39, 0.29) is 18.3 Å². The Labute approximate surface area is 156 Å². The van der Waals surface area contributed by atoms with Crippen molar-refractivity contribution in [3.05, 3.63) is 52.8 Å². The maximum Gasteiger partial charge on any atom is 0.248 e. The Balaban J connectivity index is 0.00000208. The highest BCUT2D eigenvalue weighted by molar-refractivity contribution is 9.10. The zero-order chi connectivity index (χ0) is 16.1. The summed E-state index contributed by atoms with van der Waals surface area (Å²) in [5.74, 6) is 0.0693. The van der Waals surface area contributed by atoms with E-state index in [1.54, 1.807) is 6.20 Å². The number of nitrogens with zero attached hydrogens (tertiary/aromatic N) is 2. The normalized spacial score (nSPS) is 16.2. The number of benzene rings is 1. The van der Waals surface area contributed by atoms with E-state index in [2.05, 4.69) is 43.8 Å². The number of hydrogen-bond acceptors (Lipinski definition) is 3. The maximum absolute atomic E-state index is 12.9. The fourth-order valence-corrected chi connectivity index (χ4v) is 3.32. The molecule has 1 saturated heterocycles. The minimum atomic E-state index is -0.561. The van der Waals surface area contributed by atoms with Crippen molar-refractivity contribution in [2.24, 2.45) is 0 Å². The predicted octanol–water partition coefficient (Wildman–Crippen LogP) is 2.51. The molecule has 1 aliphatic heterocycles. The highest BCUT2D eigenvalue weighted by Gasteiger charge is 2.41. The third kappa shape index (κ3) is 4.18. The monoisotopic (exact) mass is 412 g/mol. The molecule has 24 heavy (non-hydrogen) atoms. The predicted molar refractivity (Wildman–Crippen MR) is 100 cm³/mol. The van der Waals surface area contributed by atoms with Crippen LogP contribution in [0.3, 0.4) is 0 Å². The molecule has 0 atom stereocenters. The van der Waals surface area contributed by atoms with E-state index in [0.29, 0.717) is 6.54 Å². The number of hydrogen-bond donors (Lipinski definition) is 2. The van der Waals surface area contributed by atoms with E-state index in [9.17, 15) is 4.79 Å². The van der Waals surface area contributed by atoms with Crippen LogP contribution in [0.4, 0.5) is 0 Å². The molecule has 7 heteroatoms. The Kier molecular flexibility index (Phi) is 6.83. The van der Waals surface area contributed by atoms with Crippen LogP contribution in [-0.4, -0.2) is 35.3 Å². The van der Waals surface area contributed by atoms with Crippen molar-refractivity contribution < 1.29 is 4.79 Å². The van der Waals surface area contributed by atoms with Crippen molar-refractivity contribution in [3.8, 4) is 0 Å². The first-order valence-corrected chi connectivity index (χ1v) is 8.74. The Bertz CT molecular complexity index is 639. The van der Waals surface area contributed by atoms with Crippen LogP contribution in [0, 0.1) is 0 Å². The van der Waals surface area contributed by atoms with E-state index in [0.717, 1.165) is 36.8 Å². The molecular formula is C17H22BrClN4O. The average Bonchev–Trinajstić information content (AvgIpc) is 3.12. The molecule has 0 aliphatic carbocycles. The summed E-state index contributed by atoms with van der Waals surface area (Å²) >= 11 is 3.43. The first kappa shape index (κ1) is 19.0. The van der Waals surface area contributed by atoms with Gasteiger partial charge in [0, 0.05) is 23.4 Å². The minimum absolute atomic E-state index is 0. The SMILES string of the molecule is Cl.O=C(NCCc1ccc(Br)cc1)C1(n2cccn2)CCNCC1. The number of carbonyl (C=O) groups is 1. The maximum atomic E-state index is 12.9. The molecule has 130 valence electrons. The summed E-state index contributed by atoms with van der Waals surface area (Å²) in [6.45, 7) is 2.30. The summed E-state index contributed by atoms with van der Waals surface area (Å²) in [7, 11) is 0. The van der Waals surface area contributed by atoms with E-state index >= 15 is 0 Å². The lowest BCUT2D eigenvalue weighted by molar-refractivity contribution is -0.131. The van der Waals surface area contributed by atoms with Gasteiger partial charge in [-0.3, -0.25) is 9.48 Å². The Morgan fingerprint density at radius 2 is 2.00 bits per heavy atom. The molecule has 2 aromatic rings. The largest absolute Gasteiger partial charge is 0.354 e. The molecule has 0 spiro atoms. The van der Waals surface area contributed by atoms with Crippen LogP contribution in [-0.2, 0) is 16.8 Å². The van der Waals surface area contributed by atoms with E-state index in [4.69, 9.17) is 0 Å². The zero-order valence-electron chi connectivity index (χ0n) is 13.4. The van der Waals surface area contributed by atoms with Gasteiger partial charge in [0.1, 0.15) is 5.54 Å². The second kappa shape index (κ2) is 8.65. The molecular weight excluding hydrogens is 392 g/mol. The fourth-order valence-electron chi connectivity index (χ4n) is 3.06. The molecule has 2 heterocycles. The van der Waals surface area contributed by atoms with Crippen molar-refractivity contribution in [2.45, 2.75) is 24.8 Å². The van der Waals surface area contributed by atoms with Crippen LogP contribution < -0.4 is 10.6 Å². The van der Waals surface area contributed by atoms with Gasteiger partial charge in [-0.1, -0.05) is 28.1 Å². The number of halogens is 2. The molecule has 1 aliphatic rings. The Hall–Kier alpha value is -1.37. The van der Waals surface area contributed by atoms with Gasteiger partial charge < -0.3 is 10.6 Å². The molecule has 0 radical (unpaired) electrons. The molecule has 1 fully saturated rings. The number of rotatable bonds is 5. The third-order valence-corrected chi connectivity index (χ3v) is 4.94. The first-order chi connectivity index (χ1) is 11.2. The second-order valence-electron chi connectivity index (χ2n) is 5.86. The lowest BCUT2D eigenvalue weighted by Crippen LogP contribution is -2.54. The second-order valence-corrected chi connectivity index (χ2v) is 6.78. The van der Waals surface area contributed by atoms with E-state index in [1.807, 2.05) is 29.1 Å². The van der Waals surface area contributed by atoms with Gasteiger partial charge in [-0.15, -0.1) is 12.4 Å². The van der Waals surface area contributed by atoms with E-state index < -0.39 is 5.54 Å². The summed E-state index contributed by atoms with van der Waals surface area (Å²) in [6, 6.07) is 10.1. The highest BCUT2D eigenvalue weighted by Crippen LogP contribution is 2.27. The molecule has 0 bridgehead atoms. The molecule has 1 aromatic heterocycles. The fraction of sp³-hybridized carbons (Fsp3) is 0.412. The summed E-state index contributed by atoms with van der Waals surface area (Å²) in [5, 5.41) is 10.8. The molecule has 1 amide bonds. The van der Waals surface area contributed by atoms with Gasteiger partial charge in [0.2, 0.25) is 5.91 Å². The standard InChI is InChI=1S/C17H21BrN4O.ClH/c18-15-4-2-14(3-5-15)6-10-20-16(23)17(7-11-19-12-8-17)22-13-1-9-21-22;/h1-5,9,13,19H,6-8,10-12H2,(H,20,23);1H. The van der Waals surface area contributed by atoms with Gasteiger partial charge in [0.05, 0.1) is 0 Å². The molecule has 1 aromatic carbocycles. The molecule has 5 nitrogen and oxygen atoms in total. The van der Waals surface area contributed by atoms with Gasteiger partial charge in [-0.2, -0.15) is 5.10 Å². The van der Waals surface area contributed by atoms with Crippen LogP contribution in [0.25, 0.3) is 0 Å². The van der Waals surface area contributed by atoms with Gasteiger partial charge in [0.15, 0.2) is 0 Å². The number of amides is 1. The van der Waals surface area contributed by atoms with Gasteiger partial charge >= 0.3 is 0 Å². The quantitative estimate of drug-likeness (QED) is 0.792. The summed E-state index contributed by atoms with van der Waals surface area (Å²) < 4.78 is 2.89. The Morgan fingerprint density at radius 1 is 1.29 bits per heavy atom. The summed E-state index contributed by atoms with van der Waals surface area (Å²) in [6.07, 6.45) is 5.97. The molecule has 0 unspecified atom stereocenters. The number of carbonyl (C=O) groups excluding carboxylic acids is 1. The molecule has 3 rings (SSSR count). The number of aromatic nitrogens is 2. The van der Waals surface area contributed by atoms with Crippen molar-refractivity contribution in [1.82, 2.24) is 20.4 Å². The first-order valence-electron chi connectivity index (χ1n) is 7.94. The minimum Gasteiger partial charge on any atom is -0.354 e. The lowest BCUT2D eigenvalue weighted by atomic mass is 9.87. The van der Waals surface area contributed by atoms with Crippen LogP contribution >= 0.6 is 28.3 Å².